The van der Waals surface area contributed by atoms with E-state index < -0.39 is 0 Å². The topological polar surface area (TPSA) is 97.5 Å². The SMILES string of the molecule is CCOC1CC(NC(=NC)NCCc2noc(-c3ccccn3)n2)C12CCCC2. The average Bonchev–Trinajstić information content (AvgIpc) is 3.44. The molecule has 4 rings (SSSR count). The summed E-state index contributed by atoms with van der Waals surface area (Å²) < 4.78 is 11.3. The monoisotopic (exact) mass is 398 g/mol. The third-order valence-electron chi connectivity index (χ3n) is 6.22. The number of nitrogens with one attached hydrogen (secondary N) is 2. The van der Waals surface area contributed by atoms with Crippen LogP contribution >= 0.6 is 0 Å². The summed E-state index contributed by atoms with van der Waals surface area (Å²) in [6.07, 6.45) is 8.87. The lowest BCUT2D eigenvalue weighted by Crippen LogP contribution is -2.65. The molecule has 0 amide bonds. The Hall–Kier alpha value is -2.48. The number of ether oxygens (including phenoxy) is 1. The van der Waals surface area contributed by atoms with Crippen LogP contribution in [-0.2, 0) is 11.2 Å². The molecule has 2 aromatic heterocycles. The molecule has 2 aromatic rings. The van der Waals surface area contributed by atoms with Crippen LogP contribution in [0.2, 0.25) is 0 Å². The number of hydrogen-bond donors (Lipinski definition) is 2. The van der Waals surface area contributed by atoms with Gasteiger partial charge in [-0.3, -0.25) is 9.98 Å². The molecule has 2 aliphatic rings. The Morgan fingerprint density at radius 3 is 2.93 bits per heavy atom. The predicted molar refractivity (Wildman–Crippen MR) is 110 cm³/mol. The Balaban J connectivity index is 1.28. The van der Waals surface area contributed by atoms with E-state index in [1.165, 1.54) is 25.7 Å². The first-order valence-electron chi connectivity index (χ1n) is 10.6. The number of guanidine groups is 1. The van der Waals surface area contributed by atoms with Crippen LogP contribution in [0, 0.1) is 5.41 Å². The first-order chi connectivity index (χ1) is 14.2. The van der Waals surface area contributed by atoms with E-state index in [4.69, 9.17) is 9.26 Å². The highest BCUT2D eigenvalue weighted by atomic mass is 16.5. The van der Waals surface area contributed by atoms with Crippen LogP contribution < -0.4 is 10.6 Å². The van der Waals surface area contributed by atoms with Crippen molar-refractivity contribution in [3.8, 4) is 11.6 Å². The van der Waals surface area contributed by atoms with Gasteiger partial charge in [0, 0.05) is 44.3 Å². The normalized spacial score (nSPS) is 23.2. The maximum atomic E-state index is 6.01. The number of hydrogen-bond acceptors (Lipinski definition) is 6. The van der Waals surface area contributed by atoms with Gasteiger partial charge in [0.15, 0.2) is 11.8 Å². The van der Waals surface area contributed by atoms with Crippen LogP contribution in [0.1, 0.15) is 44.9 Å². The molecule has 2 atom stereocenters. The van der Waals surface area contributed by atoms with Crippen LogP contribution in [0.3, 0.4) is 0 Å². The molecule has 8 nitrogen and oxygen atoms in total. The Morgan fingerprint density at radius 2 is 2.21 bits per heavy atom. The zero-order valence-electron chi connectivity index (χ0n) is 17.2. The summed E-state index contributed by atoms with van der Waals surface area (Å²) in [5, 5.41) is 11.1. The highest BCUT2D eigenvalue weighted by Crippen LogP contribution is 2.54. The number of aromatic nitrogens is 3. The van der Waals surface area contributed by atoms with Gasteiger partial charge in [-0.2, -0.15) is 4.98 Å². The molecule has 0 aromatic carbocycles. The van der Waals surface area contributed by atoms with Crippen molar-refractivity contribution in [1.29, 1.82) is 0 Å². The smallest absolute Gasteiger partial charge is 0.276 e. The van der Waals surface area contributed by atoms with E-state index in [-0.39, 0.29) is 5.41 Å². The van der Waals surface area contributed by atoms with E-state index in [0.717, 1.165) is 19.0 Å². The van der Waals surface area contributed by atoms with Crippen molar-refractivity contribution in [3.63, 3.8) is 0 Å². The second kappa shape index (κ2) is 8.90. The van der Waals surface area contributed by atoms with Gasteiger partial charge in [0.25, 0.3) is 5.89 Å². The molecule has 29 heavy (non-hydrogen) atoms. The van der Waals surface area contributed by atoms with Gasteiger partial charge in [0.1, 0.15) is 5.69 Å². The van der Waals surface area contributed by atoms with Crippen molar-refractivity contribution < 1.29 is 9.26 Å². The van der Waals surface area contributed by atoms with Crippen molar-refractivity contribution in [2.75, 3.05) is 20.2 Å². The second-order valence-corrected chi connectivity index (χ2v) is 7.80. The number of rotatable bonds is 7. The maximum absolute atomic E-state index is 6.01. The highest BCUT2D eigenvalue weighted by molar-refractivity contribution is 5.80. The standard InChI is InChI=1S/C21H30N6O2/c1-3-28-17-14-16(21(17)10-5-6-11-21)25-20(22-2)24-13-9-18-26-19(29-27-18)15-8-4-7-12-23-15/h4,7-8,12,16-17H,3,5-6,9-11,13-14H2,1-2H3,(H2,22,24,25). The molecule has 0 saturated heterocycles. The van der Waals surface area contributed by atoms with Gasteiger partial charge in [0.05, 0.1) is 6.10 Å². The molecule has 1 spiro atoms. The molecule has 0 aliphatic heterocycles. The number of nitrogens with zero attached hydrogens (tertiary/aromatic N) is 4. The molecule has 0 radical (unpaired) electrons. The van der Waals surface area contributed by atoms with Gasteiger partial charge in [-0.25, -0.2) is 0 Å². The number of aliphatic imine (C=N–C) groups is 1. The van der Waals surface area contributed by atoms with Gasteiger partial charge < -0.3 is 19.9 Å². The molecular weight excluding hydrogens is 368 g/mol. The van der Waals surface area contributed by atoms with Gasteiger partial charge in [0.2, 0.25) is 0 Å². The molecule has 2 N–H and O–H groups in total. The first-order valence-corrected chi connectivity index (χ1v) is 10.6. The quantitative estimate of drug-likeness (QED) is 0.546. The Labute approximate surface area is 171 Å². The molecule has 156 valence electrons. The average molecular weight is 399 g/mol. The Kier molecular flexibility index (Phi) is 6.08. The fraction of sp³-hybridized carbons (Fsp3) is 0.619. The van der Waals surface area contributed by atoms with Gasteiger partial charge in [-0.15, -0.1) is 0 Å². The fourth-order valence-electron chi connectivity index (χ4n) is 4.69. The van der Waals surface area contributed by atoms with E-state index in [1.807, 2.05) is 25.2 Å². The first kappa shape index (κ1) is 19.8. The molecule has 8 heteroatoms. The molecule has 2 fully saturated rings. The van der Waals surface area contributed by atoms with Crippen molar-refractivity contribution in [2.24, 2.45) is 10.4 Å². The molecule has 0 bridgehead atoms. The lowest BCUT2D eigenvalue weighted by molar-refractivity contribution is -0.125. The van der Waals surface area contributed by atoms with Gasteiger partial charge in [-0.05, 0) is 38.3 Å². The van der Waals surface area contributed by atoms with Crippen molar-refractivity contribution in [1.82, 2.24) is 25.8 Å². The minimum absolute atomic E-state index is 0.277. The van der Waals surface area contributed by atoms with Crippen LogP contribution in [0.25, 0.3) is 11.6 Å². The highest BCUT2D eigenvalue weighted by Gasteiger charge is 2.56. The van der Waals surface area contributed by atoms with Crippen LogP contribution in [-0.4, -0.2) is 53.4 Å². The minimum Gasteiger partial charge on any atom is -0.378 e. The zero-order valence-corrected chi connectivity index (χ0v) is 17.2. The number of pyridine rings is 1. The fourth-order valence-corrected chi connectivity index (χ4v) is 4.69. The largest absolute Gasteiger partial charge is 0.378 e. The van der Waals surface area contributed by atoms with E-state index in [2.05, 4.69) is 37.7 Å². The maximum Gasteiger partial charge on any atom is 0.276 e. The zero-order chi connectivity index (χ0) is 20.1. The van der Waals surface area contributed by atoms with Crippen LogP contribution in [0.15, 0.2) is 33.9 Å². The van der Waals surface area contributed by atoms with Crippen molar-refractivity contribution in [2.45, 2.75) is 57.6 Å². The third-order valence-corrected chi connectivity index (χ3v) is 6.22. The van der Waals surface area contributed by atoms with Crippen LogP contribution in [0.5, 0.6) is 0 Å². The van der Waals surface area contributed by atoms with Gasteiger partial charge >= 0.3 is 0 Å². The van der Waals surface area contributed by atoms with E-state index in [1.54, 1.807) is 6.20 Å². The second-order valence-electron chi connectivity index (χ2n) is 7.80. The molecule has 2 saturated carbocycles. The van der Waals surface area contributed by atoms with E-state index >= 15 is 0 Å². The molecule has 2 unspecified atom stereocenters. The minimum atomic E-state index is 0.277. The summed E-state index contributed by atoms with van der Waals surface area (Å²) in [7, 11) is 1.81. The van der Waals surface area contributed by atoms with Gasteiger partial charge in [-0.1, -0.05) is 24.1 Å². The van der Waals surface area contributed by atoms with Crippen molar-refractivity contribution in [3.05, 3.63) is 30.2 Å². The summed E-state index contributed by atoms with van der Waals surface area (Å²) in [6, 6.07) is 6.04. The third kappa shape index (κ3) is 4.12. The Morgan fingerprint density at radius 1 is 1.34 bits per heavy atom. The lowest BCUT2D eigenvalue weighted by Gasteiger charge is -2.54. The summed E-state index contributed by atoms with van der Waals surface area (Å²) in [4.78, 5) is 13.1. The predicted octanol–water partition coefficient (Wildman–Crippen LogP) is 2.58. The van der Waals surface area contributed by atoms with Crippen molar-refractivity contribution >= 4 is 5.96 Å². The lowest BCUT2D eigenvalue weighted by atomic mass is 9.60. The van der Waals surface area contributed by atoms with E-state index in [9.17, 15) is 0 Å². The Bertz CT molecular complexity index is 816. The van der Waals surface area contributed by atoms with Crippen LogP contribution in [0.4, 0.5) is 0 Å². The summed E-state index contributed by atoms with van der Waals surface area (Å²) >= 11 is 0. The van der Waals surface area contributed by atoms with E-state index in [0.29, 0.717) is 42.5 Å². The summed E-state index contributed by atoms with van der Waals surface area (Å²) in [6.45, 7) is 3.55. The summed E-state index contributed by atoms with van der Waals surface area (Å²) in [5.74, 6) is 1.92. The molecule has 2 heterocycles. The summed E-state index contributed by atoms with van der Waals surface area (Å²) in [5.41, 5.74) is 0.964. The molecule has 2 aliphatic carbocycles. The molecular formula is C21H30N6O2.